The van der Waals surface area contributed by atoms with E-state index in [4.69, 9.17) is 9.47 Å². The molecule has 0 aromatic rings. The van der Waals surface area contributed by atoms with Crippen LogP contribution in [0.2, 0.25) is 0 Å². The molecular formula is C13H16O4. The van der Waals surface area contributed by atoms with Gasteiger partial charge in [-0.1, -0.05) is 12.2 Å². The summed E-state index contributed by atoms with van der Waals surface area (Å²) in [6, 6.07) is 0. The van der Waals surface area contributed by atoms with Gasteiger partial charge in [0.2, 0.25) is 0 Å². The van der Waals surface area contributed by atoms with E-state index < -0.39 is 0 Å². The van der Waals surface area contributed by atoms with Gasteiger partial charge in [0.25, 0.3) is 0 Å². The van der Waals surface area contributed by atoms with Crippen LogP contribution in [0.15, 0.2) is 23.3 Å². The molecule has 0 spiro atoms. The second-order valence-corrected chi connectivity index (χ2v) is 4.16. The molecule has 2 aliphatic heterocycles. The van der Waals surface area contributed by atoms with Crippen molar-refractivity contribution in [2.24, 2.45) is 0 Å². The summed E-state index contributed by atoms with van der Waals surface area (Å²) in [5.74, 6) is -0.356. The molecule has 2 fully saturated rings. The quantitative estimate of drug-likeness (QED) is 0.425. The number of unbranched alkanes of at least 4 members (excludes halogenated alkanes) is 2. The Morgan fingerprint density at radius 1 is 0.882 bits per heavy atom. The molecule has 17 heavy (non-hydrogen) atoms. The number of cyclic esters (lactones) is 2. The summed E-state index contributed by atoms with van der Waals surface area (Å²) >= 11 is 0. The molecule has 0 unspecified atom stereocenters. The maximum Gasteiger partial charge on any atom is 0.333 e. The second-order valence-electron chi connectivity index (χ2n) is 4.16. The minimum Gasteiger partial charge on any atom is -0.462 e. The number of ether oxygens (including phenoxy) is 2. The Balaban J connectivity index is 1.70. The Morgan fingerprint density at radius 3 is 1.71 bits per heavy atom. The average molecular weight is 236 g/mol. The van der Waals surface area contributed by atoms with Crippen molar-refractivity contribution in [1.82, 2.24) is 0 Å². The smallest absolute Gasteiger partial charge is 0.333 e. The first kappa shape index (κ1) is 11.9. The monoisotopic (exact) mass is 236 g/mol. The minimum atomic E-state index is -0.178. The summed E-state index contributed by atoms with van der Waals surface area (Å²) in [4.78, 5) is 22.3. The van der Waals surface area contributed by atoms with E-state index in [-0.39, 0.29) is 11.9 Å². The Hall–Kier alpha value is -1.58. The second kappa shape index (κ2) is 5.66. The van der Waals surface area contributed by atoms with Crippen molar-refractivity contribution in [1.29, 1.82) is 0 Å². The Labute approximate surface area is 100 Å². The van der Waals surface area contributed by atoms with Gasteiger partial charge in [-0.2, -0.15) is 0 Å². The fourth-order valence-electron chi connectivity index (χ4n) is 1.94. The molecule has 0 saturated carbocycles. The van der Waals surface area contributed by atoms with E-state index in [0.29, 0.717) is 13.2 Å². The van der Waals surface area contributed by atoms with Crippen LogP contribution < -0.4 is 0 Å². The van der Waals surface area contributed by atoms with Crippen LogP contribution in [0.1, 0.15) is 32.1 Å². The van der Waals surface area contributed by atoms with E-state index in [1.54, 1.807) is 0 Å². The van der Waals surface area contributed by atoms with Crippen LogP contribution in [0.3, 0.4) is 0 Å². The minimum absolute atomic E-state index is 0.178. The lowest BCUT2D eigenvalue weighted by Gasteiger charge is -1.94. The van der Waals surface area contributed by atoms with Crippen LogP contribution in [0.25, 0.3) is 0 Å². The van der Waals surface area contributed by atoms with Crippen molar-refractivity contribution in [3.8, 4) is 0 Å². The van der Waals surface area contributed by atoms with E-state index >= 15 is 0 Å². The van der Waals surface area contributed by atoms with Crippen LogP contribution in [0, 0.1) is 0 Å². The zero-order valence-electron chi connectivity index (χ0n) is 9.74. The molecule has 2 rings (SSSR count). The number of hydrogen-bond acceptors (Lipinski definition) is 4. The van der Waals surface area contributed by atoms with Crippen molar-refractivity contribution in [3.05, 3.63) is 23.3 Å². The van der Waals surface area contributed by atoms with Gasteiger partial charge in [-0.05, 0) is 19.3 Å². The summed E-state index contributed by atoms with van der Waals surface area (Å²) in [7, 11) is 0. The van der Waals surface area contributed by atoms with Gasteiger partial charge in [-0.15, -0.1) is 0 Å². The first-order chi connectivity index (χ1) is 8.27. The van der Waals surface area contributed by atoms with Gasteiger partial charge in [-0.3, -0.25) is 0 Å². The molecule has 4 nitrogen and oxygen atoms in total. The van der Waals surface area contributed by atoms with Gasteiger partial charge in [-0.25, -0.2) is 9.59 Å². The molecule has 2 aliphatic rings. The van der Waals surface area contributed by atoms with Crippen LogP contribution >= 0.6 is 0 Å². The largest absolute Gasteiger partial charge is 0.462 e. The molecule has 0 aliphatic carbocycles. The number of rotatable bonds is 4. The van der Waals surface area contributed by atoms with E-state index in [1.807, 2.05) is 12.2 Å². The maximum atomic E-state index is 11.1. The molecule has 0 bridgehead atoms. The highest BCUT2D eigenvalue weighted by atomic mass is 16.5. The predicted molar refractivity (Wildman–Crippen MR) is 61.2 cm³/mol. The summed E-state index contributed by atoms with van der Waals surface area (Å²) in [5.41, 5.74) is 1.58. The SMILES string of the molecule is O=C1OCC/C1=C/CCC/C=C1\CCOC1=O. The van der Waals surface area contributed by atoms with Gasteiger partial charge in [0.05, 0.1) is 13.2 Å². The molecular weight excluding hydrogens is 220 g/mol. The van der Waals surface area contributed by atoms with Crippen LogP contribution in [0.4, 0.5) is 0 Å². The molecule has 0 aromatic carbocycles. The fraction of sp³-hybridized carbons (Fsp3) is 0.538. The normalized spacial score (nSPS) is 24.5. The van der Waals surface area contributed by atoms with Gasteiger partial charge in [0.1, 0.15) is 0 Å². The Morgan fingerprint density at radius 2 is 1.35 bits per heavy atom. The summed E-state index contributed by atoms with van der Waals surface area (Å²) < 4.78 is 9.68. The summed E-state index contributed by atoms with van der Waals surface area (Å²) in [6.07, 6.45) is 7.99. The van der Waals surface area contributed by atoms with Crippen molar-refractivity contribution in [2.45, 2.75) is 32.1 Å². The van der Waals surface area contributed by atoms with E-state index in [0.717, 1.165) is 43.3 Å². The van der Waals surface area contributed by atoms with Gasteiger partial charge in [0.15, 0.2) is 0 Å². The molecule has 2 heterocycles. The lowest BCUT2D eigenvalue weighted by atomic mass is 10.1. The summed E-state index contributed by atoms with van der Waals surface area (Å²) in [5, 5.41) is 0. The lowest BCUT2D eigenvalue weighted by molar-refractivity contribution is -0.135. The van der Waals surface area contributed by atoms with Crippen LogP contribution in [-0.2, 0) is 19.1 Å². The highest BCUT2D eigenvalue weighted by Crippen LogP contribution is 2.17. The standard InChI is InChI=1S/C13H16O4/c14-12-10(6-8-16-12)4-2-1-3-5-11-7-9-17-13(11)15/h4-5H,1-3,6-9H2/b10-4-,11-5+. The first-order valence-electron chi connectivity index (χ1n) is 5.99. The summed E-state index contributed by atoms with van der Waals surface area (Å²) in [6.45, 7) is 1.03. The van der Waals surface area contributed by atoms with Crippen LogP contribution in [0.5, 0.6) is 0 Å². The third-order valence-corrected chi connectivity index (χ3v) is 2.92. The molecule has 0 radical (unpaired) electrons. The molecule has 0 amide bonds. The molecule has 0 N–H and O–H groups in total. The van der Waals surface area contributed by atoms with E-state index in [9.17, 15) is 9.59 Å². The highest BCUT2D eigenvalue weighted by Gasteiger charge is 2.18. The van der Waals surface area contributed by atoms with Crippen molar-refractivity contribution >= 4 is 11.9 Å². The third-order valence-electron chi connectivity index (χ3n) is 2.92. The zero-order valence-corrected chi connectivity index (χ0v) is 9.74. The molecule has 0 atom stereocenters. The topological polar surface area (TPSA) is 52.6 Å². The molecule has 92 valence electrons. The number of allylic oxidation sites excluding steroid dienone is 2. The number of carbonyl (C=O) groups excluding carboxylic acids is 2. The van der Waals surface area contributed by atoms with Gasteiger partial charge < -0.3 is 9.47 Å². The predicted octanol–water partition coefficient (Wildman–Crippen LogP) is 1.90. The average Bonchev–Trinajstić information content (AvgIpc) is 2.89. The highest BCUT2D eigenvalue weighted by molar-refractivity contribution is 5.90. The maximum absolute atomic E-state index is 11.1. The first-order valence-corrected chi connectivity index (χ1v) is 5.99. The fourth-order valence-corrected chi connectivity index (χ4v) is 1.94. The van der Waals surface area contributed by atoms with Crippen molar-refractivity contribution in [3.63, 3.8) is 0 Å². The number of carbonyl (C=O) groups is 2. The molecule has 0 aromatic heterocycles. The lowest BCUT2D eigenvalue weighted by Crippen LogP contribution is -1.95. The van der Waals surface area contributed by atoms with Crippen LogP contribution in [-0.4, -0.2) is 25.2 Å². The molecule has 2 saturated heterocycles. The van der Waals surface area contributed by atoms with Gasteiger partial charge in [0, 0.05) is 24.0 Å². The number of hydrogen-bond donors (Lipinski definition) is 0. The van der Waals surface area contributed by atoms with Crippen molar-refractivity contribution < 1.29 is 19.1 Å². The molecule has 4 heteroatoms. The Kier molecular flexibility index (Phi) is 3.96. The van der Waals surface area contributed by atoms with Gasteiger partial charge >= 0.3 is 11.9 Å². The Bertz CT molecular complexity index is 343. The van der Waals surface area contributed by atoms with E-state index in [1.165, 1.54) is 0 Å². The van der Waals surface area contributed by atoms with E-state index in [2.05, 4.69) is 0 Å². The zero-order chi connectivity index (χ0) is 12.1. The third kappa shape index (κ3) is 3.19. The number of esters is 2. The van der Waals surface area contributed by atoms with Crippen molar-refractivity contribution in [2.75, 3.05) is 13.2 Å².